The molecule has 3 nitrogen and oxygen atoms in total. The van der Waals surface area contributed by atoms with Crippen LogP contribution in [0.1, 0.15) is 25.8 Å². The van der Waals surface area contributed by atoms with E-state index in [1.54, 1.807) is 12.1 Å². The summed E-state index contributed by atoms with van der Waals surface area (Å²) in [5, 5.41) is 12.2. The van der Waals surface area contributed by atoms with Crippen LogP contribution in [0.15, 0.2) is 12.1 Å². The molecular formula is C11H14ClN3. The summed E-state index contributed by atoms with van der Waals surface area (Å²) in [5.41, 5.74) is 0.530. The molecule has 1 aromatic heterocycles. The molecule has 0 saturated carbocycles. The van der Waals surface area contributed by atoms with E-state index in [4.69, 9.17) is 16.9 Å². The molecule has 0 aromatic carbocycles. The van der Waals surface area contributed by atoms with Crippen molar-refractivity contribution in [3.8, 4) is 6.07 Å². The quantitative estimate of drug-likeness (QED) is 0.799. The van der Waals surface area contributed by atoms with Crippen molar-refractivity contribution in [2.24, 2.45) is 5.92 Å². The van der Waals surface area contributed by atoms with Crippen LogP contribution in [0.25, 0.3) is 0 Å². The lowest BCUT2D eigenvalue weighted by atomic mass is 10.1. The van der Waals surface area contributed by atoms with Crippen molar-refractivity contribution >= 4 is 17.4 Å². The molecule has 1 heterocycles. The Morgan fingerprint density at radius 2 is 2.27 bits per heavy atom. The Morgan fingerprint density at radius 3 is 2.87 bits per heavy atom. The molecule has 0 spiro atoms. The zero-order valence-electron chi connectivity index (χ0n) is 8.92. The third-order valence-corrected chi connectivity index (χ3v) is 2.14. The van der Waals surface area contributed by atoms with Crippen molar-refractivity contribution in [1.82, 2.24) is 4.98 Å². The van der Waals surface area contributed by atoms with Gasteiger partial charge in [0.15, 0.2) is 0 Å². The summed E-state index contributed by atoms with van der Waals surface area (Å²) in [5.74, 6) is 1.31. The second kappa shape index (κ2) is 5.57. The molecule has 0 aliphatic rings. The van der Waals surface area contributed by atoms with Crippen molar-refractivity contribution in [3.63, 3.8) is 0 Å². The Labute approximate surface area is 95.1 Å². The number of nitrogens with zero attached hydrogens (tertiary/aromatic N) is 2. The van der Waals surface area contributed by atoms with E-state index < -0.39 is 0 Å². The highest BCUT2D eigenvalue weighted by Gasteiger charge is 2.00. The molecule has 0 unspecified atom stereocenters. The van der Waals surface area contributed by atoms with E-state index in [1.807, 2.05) is 6.07 Å². The van der Waals surface area contributed by atoms with Crippen LogP contribution in [0.4, 0.5) is 5.82 Å². The number of nitriles is 1. The maximum Gasteiger partial charge on any atom is 0.132 e. The molecular weight excluding hydrogens is 210 g/mol. The summed E-state index contributed by atoms with van der Waals surface area (Å²) in [6.45, 7) is 5.16. The van der Waals surface area contributed by atoms with Gasteiger partial charge in [0.1, 0.15) is 11.0 Å². The van der Waals surface area contributed by atoms with E-state index >= 15 is 0 Å². The van der Waals surface area contributed by atoms with Crippen LogP contribution in [0, 0.1) is 17.2 Å². The molecule has 0 amide bonds. The number of aromatic nitrogens is 1. The highest BCUT2D eigenvalue weighted by molar-refractivity contribution is 6.29. The average Bonchev–Trinajstić information content (AvgIpc) is 2.16. The number of hydrogen-bond donors (Lipinski definition) is 1. The Bertz CT molecular complexity index is 369. The monoisotopic (exact) mass is 223 g/mol. The molecule has 80 valence electrons. The fraction of sp³-hybridized carbons (Fsp3) is 0.455. The van der Waals surface area contributed by atoms with E-state index in [1.165, 1.54) is 0 Å². The van der Waals surface area contributed by atoms with Gasteiger partial charge in [0, 0.05) is 6.54 Å². The predicted molar refractivity (Wildman–Crippen MR) is 61.9 cm³/mol. The van der Waals surface area contributed by atoms with Gasteiger partial charge in [-0.1, -0.05) is 25.4 Å². The van der Waals surface area contributed by atoms with Gasteiger partial charge in [-0.15, -0.1) is 0 Å². The lowest BCUT2D eigenvalue weighted by Crippen LogP contribution is -2.06. The smallest absolute Gasteiger partial charge is 0.132 e. The first-order valence-corrected chi connectivity index (χ1v) is 5.31. The van der Waals surface area contributed by atoms with Gasteiger partial charge in [-0.25, -0.2) is 4.98 Å². The first kappa shape index (κ1) is 11.8. The summed E-state index contributed by atoms with van der Waals surface area (Å²) < 4.78 is 0. The Hall–Kier alpha value is -1.27. The van der Waals surface area contributed by atoms with Crippen LogP contribution in [-0.4, -0.2) is 11.5 Å². The normalized spacial score (nSPS) is 10.1. The zero-order valence-corrected chi connectivity index (χ0v) is 9.67. The minimum atomic E-state index is 0.348. The van der Waals surface area contributed by atoms with Crippen LogP contribution < -0.4 is 5.32 Å². The van der Waals surface area contributed by atoms with Crippen LogP contribution in [0.3, 0.4) is 0 Å². The number of nitrogens with one attached hydrogen (secondary N) is 1. The van der Waals surface area contributed by atoms with E-state index in [0.717, 1.165) is 13.0 Å². The topological polar surface area (TPSA) is 48.7 Å². The summed E-state index contributed by atoms with van der Waals surface area (Å²) >= 11 is 5.77. The van der Waals surface area contributed by atoms with Gasteiger partial charge in [-0.05, 0) is 24.5 Å². The molecule has 1 N–H and O–H groups in total. The number of pyridine rings is 1. The predicted octanol–water partition coefficient (Wildman–Crippen LogP) is 3.06. The molecule has 0 aliphatic carbocycles. The Kier molecular flexibility index (Phi) is 4.38. The zero-order chi connectivity index (χ0) is 11.3. The summed E-state index contributed by atoms with van der Waals surface area (Å²) in [4.78, 5) is 4.08. The standard InChI is InChI=1S/C11H14ClN3/c1-8(2)3-4-14-11-6-9(7-13)5-10(12)15-11/h5-6,8H,3-4H2,1-2H3,(H,14,15). The number of anilines is 1. The van der Waals surface area contributed by atoms with E-state index in [9.17, 15) is 0 Å². The first-order chi connectivity index (χ1) is 7.11. The van der Waals surface area contributed by atoms with Gasteiger partial charge in [0.05, 0.1) is 11.6 Å². The molecule has 0 bridgehead atoms. The Morgan fingerprint density at radius 1 is 1.53 bits per heavy atom. The summed E-state index contributed by atoms with van der Waals surface area (Å²) in [7, 11) is 0. The van der Waals surface area contributed by atoms with Gasteiger partial charge >= 0.3 is 0 Å². The molecule has 0 radical (unpaired) electrons. The van der Waals surface area contributed by atoms with Crippen molar-refractivity contribution in [3.05, 3.63) is 22.8 Å². The van der Waals surface area contributed by atoms with Crippen LogP contribution in [-0.2, 0) is 0 Å². The van der Waals surface area contributed by atoms with E-state index in [-0.39, 0.29) is 0 Å². The largest absolute Gasteiger partial charge is 0.370 e. The van der Waals surface area contributed by atoms with Crippen molar-refractivity contribution in [2.75, 3.05) is 11.9 Å². The van der Waals surface area contributed by atoms with Crippen LogP contribution in [0.5, 0.6) is 0 Å². The molecule has 1 aromatic rings. The lowest BCUT2D eigenvalue weighted by molar-refractivity contribution is 0.606. The molecule has 0 fully saturated rings. The molecule has 1 rings (SSSR count). The maximum absolute atomic E-state index is 8.74. The number of hydrogen-bond acceptors (Lipinski definition) is 3. The minimum Gasteiger partial charge on any atom is -0.370 e. The SMILES string of the molecule is CC(C)CCNc1cc(C#N)cc(Cl)n1. The van der Waals surface area contributed by atoms with Gasteiger partial charge in [0.25, 0.3) is 0 Å². The average molecular weight is 224 g/mol. The summed E-state index contributed by atoms with van der Waals surface area (Å²) in [6.07, 6.45) is 1.07. The molecule has 0 atom stereocenters. The highest BCUT2D eigenvalue weighted by atomic mass is 35.5. The van der Waals surface area contributed by atoms with E-state index in [0.29, 0.717) is 22.5 Å². The second-order valence-corrected chi connectivity index (χ2v) is 4.17. The first-order valence-electron chi connectivity index (χ1n) is 4.93. The fourth-order valence-corrected chi connectivity index (χ4v) is 1.35. The second-order valence-electron chi connectivity index (χ2n) is 3.78. The number of rotatable bonds is 4. The molecule has 4 heteroatoms. The van der Waals surface area contributed by atoms with Crippen molar-refractivity contribution < 1.29 is 0 Å². The Balaban J connectivity index is 2.61. The molecule has 15 heavy (non-hydrogen) atoms. The van der Waals surface area contributed by atoms with Gasteiger partial charge in [-0.2, -0.15) is 5.26 Å². The number of halogens is 1. The van der Waals surface area contributed by atoms with Crippen LogP contribution >= 0.6 is 11.6 Å². The summed E-state index contributed by atoms with van der Waals surface area (Å²) in [6, 6.07) is 5.29. The third kappa shape index (κ3) is 4.18. The highest BCUT2D eigenvalue weighted by Crippen LogP contribution is 2.14. The van der Waals surface area contributed by atoms with Gasteiger partial charge in [-0.3, -0.25) is 0 Å². The minimum absolute atomic E-state index is 0.348. The molecule has 0 aliphatic heterocycles. The third-order valence-electron chi connectivity index (χ3n) is 1.95. The fourth-order valence-electron chi connectivity index (χ4n) is 1.14. The molecule has 0 saturated heterocycles. The maximum atomic E-state index is 8.74. The lowest BCUT2D eigenvalue weighted by Gasteiger charge is -2.07. The van der Waals surface area contributed by atoms with Gasteiger partial charge in [0.2, 0.25) is 0 Å². The van der Waals surface area contributed by atoms with Crippen molar-refractivity contribution in [2.45, 2.75) is 20.3 Å². The van der Waals surface area contributed by atoms with E-state index in [2.05, 4.69) is 24.1 Å². The van der Waals surface area contributed by atoms with Crippen LogP contribution in [0.2, 0.25) is 5.15 Å². The van der Waals surface area contributed by atoms with Crippen molar-refractivity contribution in [1.29, 1.82) is 5.26 Å². The van der Waals surface area contributed by atoms with Gasteiger partial charge < -0.3 is 5.32 Å².